The molecule has 2 unspecified atom stereocenters. The van der Waals surface area contributed by atoms with Crippen molar-refractivity contribution in [1.82, 2.24) is 0 Å². The van der Waals surface area contributed by atoms with Crippen molar-refractivity contribution in [1.29, 1.82) is 0 Å². The third kappa shape index (κ3) is 6.69. The van der Waals surface area contributed by atoms with Gasteiger partial charge in [0.1, 0.15) is 0 Å². The monoisotopic (exact) mass is 214 g/mol. The van der Waals surface area contributed by atoms with Gasteiger partial charge in [-0.3, -0.25) is 0 Å². The molecule has 0 heterocycles. The number of aliphatic hydroxyl groups excluding tert-OH is 2. The SMILES string of the molecule is C=CCCCCCC(O)C(O)C(C)(C)C. The lowest BCUT2D eigenvalue weighted by Gasteiger charge is -2.29. The van der Waals surface area contributed by atoms with Gasteiger partial charge >= 0.3 is 0 Å². The fraction of sp³-hybridized carbons (Fsp3) is 0.846. The Morgan fingerprint density at radius 1 is 1.13 bits per heavy atom. The fourth-order valence-corrected chi connectivity index (χ4v) is 1.55. The van der Waals surface area contributed by atoms with E-state index in [4.69, 9.17) is 0 Å². The van der Waals surface area contributed by atoms with Crippen LogP contribution in [0.25, 0.3) is 0 Å². The summed E-state index contributed by atoms with van der Waals surface area (Å²) in [5.41, 5.74) is -0.236. The van der Waals surface area contributed by atoms with Gasteiger partial charge < -0.3 is 10.2 Å². The van der Waals surface area contributed by atoms with Crippen LogP contribution in [0, 0.1) is 5.41 Å². The molecule has 0 aromatic carbocycles. The van der Waals surface area contributed by atoms with Crippen molar-refractivity contribution in [3.05, 3.63) is 12.7 Å². The van der Waals surface area contributed by atoms with Crippen molar-refractivity contribution in [2.24, 2.45) is 5.41 Å². The minimum Gasteiger partial charge on any atom is -0.390 e. The topological polar surface area (TPSA) is 40.5 Å². The minimum atomic E-state index is -0.628. The smallest absolute Gasteiger partial charge is 0.0847 e. The standard InChI is InChI=1S/C13H26O2/c1-5-6-7-8-9-10-11(14)12(15)13(2,3)4/h5,11-12,14-15H,1,6-10H2,2-4H3. The third-order valence-corrected chi connectivity index (χ3v) is 2.66. The largest absolute Gasteiger partial charge is 0.390 e. The Balaban J connectivity index is 3.65. The molecule has 0 bridgehead atoms. The van der Waals surface area contributed by atoms with Gasteiger partial charge in [0, 0.05) is 0 Å². The summed E-state index contributed by atoms with van der Waals surface area (Å²) < 4.78 is 0. The van der Waals surface area contributed by atoms with Crippen LogP contribution in [0.2, 0.25) is 0 Å². The predicted octanol–water partition coefficient (Wildman–Crippen LogP) is 2.89. The zero-order valence-electron chi connectivity index (χ0n) is 10.4. The molecular formula is C13H26O2. The molecule has 0 amide bonds. The van der Waals surface area contributed by atoms with Crippen molar-refractivity contribution >= 4 is 0 Å². The highest BCUT2D eigenvalue weighted by Crippen LogP contribution is 2.24. The van der Waals surface area contributed by atoms with E-state index in [0.717, 1.165) is 25.7 Å². The Labute approximate surface area is 94.0 Å². The first-order valence-electron chi connectivity index (χ1n) is 5.86. The summed E-state index contributed by atoms with van der Waals surface area (Å²) in [4.78, 5) is 0. The summed E-state index contributed by atoms with van der Waals surface area (Å²) >= 11 is 0. The summed E-state index contributed by atoms with van der Waals surface area (Å²) in [6.45, 7) is 9.49. The average Bonchev–Trinajstić information content (AvgIpc) is 2.14. The maximum Gasteiger partial charge on any atom is 0.0847 e. The molecule has 90 valence electrons. The molecule has 0 radical (unpaired) electrons. The molecule has 0 spiro atoms. The van der Waals surface area contributed by atoms with Crippen molar-refractivity contribution in [2.45, 2.75) is 65.1 Å². The lowest BCUT2D eigenvalue weighted by atomic mass is 9.84. The summed E-state index contributed by atoms with van der Waals surface area (Å²) in [5.74, 6) is 0. The number of hydrogen-bond donors (Lipinski definition) is 2. The Morgan fingerprint density at radius 3 is 2.20 bits per heavy atom. The maximum atomic E-state index is 9.79. The molecule has 0 fully saturated rings. The van der Waals surface area contributed by atoms with E-state index in [1.54, 1.807) is 0 Å². The van der Waals surface area contributed by atoms with Crippen LogP contribution in [0.4, 0.5) is 0 Å². The molecule has 2 atom stereocenters. The van der Waals surface area contributed by atoms with Gasteiger partial charge in [-0.05, 0) is 24.7 Å². The molecule has 0 rings (SSSR count). The third-order valence-electron chi connectivity index (χ3n) is 2.66. The van der Waals surface area contributed by atoms with E-state index in [1.807, 2.05) is 26.8 Å². The predicted molar refractivity (Wildman–Crippen MR) is 64.8 cm³/mol. The average molecular weight is 214 g/mol. The van der Waals surface area contributed by atoms with Gasteiger partial charge in [0.05, 0.1) is 12.2 Å². The van der Waals surface area contributed by atoms with E-state index in [-0.39, 0.29) is 5.41 Å². The molecule has 0 aromatic heterocycles. The van der Waals surface area contributed by atoms with Gasteiger partial charge in [0.25, 0.3) is 0 Å². The molecule has 2 heteroatoms. The zero-order chi connectivity index (χ0) is 11.9. The summed E-state index contributed by atoms with van der Waals surface area (Å²) in [5, 5.41) is 19.5. The first-order chi connectivity index (χ1) is 6.89. The van der Waals surface area contributed by atoms with Crippen LogP contribution in [0.3, 0.4) is 0 Å². The van der Waals surface area contributed by atoms with Gasteiger partial charge in [-0.25, -0.2) is 0 Å². The molecule has 0 aromatic rings. The number of allylic oxidation sites excluding steroid dienone is 1. The molecular weight excluding hydrogens is 188 g/mol. The quantitative estimate of drug-likeness (QED) is 0.505. The van der Waals surface area contributed by atoms with Crippen LogP contribution in [-0.4, -0.2) is 22.4 Å². The van der Waals surface area contributed by atoms with Gasteiger partial charge in [-0.15, -0.1) is 6.58 Å². The maximum absolute atomic E-state index is 9.79. The van der Waals surface area contributed by atoms with E-state index in [2.05, 4.69) is 6.58 Å². The first kappa shape index (κ1) is 14.7. The van der Waals surface area contributed by atoms with Crippen molar-refractivity contribution in [2.75, 3.05) is 0 Å². The van der Waals surface area contributed by atoms with Gasteiger partial charge in [0.15, 0.2) is 0 Å². The molecule has 0 aliphatic carbocycles. The number of aliphatic hydroxyl groups is 2. The second-order valence-corrected chi connectivity index (χ2v) is 5.30. The second kappa shape index (κ2) is 7.02. The van der Waals surface area contributed by atoms with Gasteiger partial charge in [-0.2, -0.15) is 0 Å². The highest BCUT2D eigenvalue weighted by molar-refractivity contribution is 4.79. The van der Waals surface area contributed by atoms with Crippen LogP contribution in [0.1, 0.15) is 52.9 Å². The Bertz CT molecular complexity index is 170. The van der Waals surface area contributed by atoms with E-state index >= 15 is 0 Å². The minimum absolute atomic E-state index is 0.236. The Kier molecular flexibility index (Phi) is 6.86. The van der Waals surface area contributed by atoms with Crippen LogP contribution in [0.15, 0.2) is 12.7 Å². The second-order valence-electron chi connectivity index (χ2n) is 5.30. The van der Waals surface area contributed by atoms with E-state index in [0.29, 0.717) is 6.42 Å². The van der Waals surface area contributed by atoms with Gasteiger partial charge in [0.2, 0.25) is 0 Å². The van der Waals surface area contributed by atoms with Crippen molar-refractivity contribution in [3.63, 3.8) is 0 Å². The number of hydrogen-bond acceptors (Lipinski definition) is 2. The van der Waals surface area contributed by atoms with E-state index in [9.17, 15) is 10.2 Å². The highest BCUT2D eigenvalue weighted by atomic mass is 16.3. The van der Waals surface area contributed by atoms with E-state index < -0.39 is 12.2 Å². The molecule has 15 heavy (non-hydrogen) atoms. The van der Waals surface area contributed by atoms with E-state index in [1.165, 1.54) is 0 Å². The zero-order valence-corrected chi connectivity index (χ0v) is 10.4. The summed E-state index contributed by atoms with van der Waals surface area (Å²) in [7, 11) is 0. The molecule has 2 nitrogen and oxygen atoms in total. The van der Waals surface area contributed by atoms with Crippen LogP contribution in [-0.2, 0) is 0 Å². The number of unbranched alkanes of at least 4 members (excludes halogenated alkanes) is 3. The molecule has 0 saturated carbocycles. The summed E-state index contributed by atoms with van der Waals surface area (Å²) in [6.07, 6.45) is 5.63. The Morgan fingerprint density at radius 2 is 1.73 bits per heavy atom. The normalized spacial score (nSPS) is 16.1. The summed E-state index contributed by atoms with van der Waals surface area (Å²) in [6, 6.07) is 0. The van der Waals surface area contributed by atoms with Gasteiger partial charge in [-0.1, -0.05) is 39.7 Å². The molecule has 0 aliphatic heterocycles. The number of rotatable bonds is 7. The molecule has 2 N–H and O–H groups in total. The first-order valence-corrected chi connectivity index (χ1v) is 5.86. The van der Waals surface area contributed by atoms with Crippen molar-refractivity contribution < 1.29 is 10.2 Å². The van der Waals surface area contributed by atoms with Crippen molar-refractivity contribution in [3.8, 4) is 0 Å². The molecule has 0 saturated heterocycles. The lowest BCUT2D eigenvalue weighted by molar-refractivity contribution is -0.0481. The lowest BCUT2D eigenvalue weighted by Crippen LogP contribution is -2.37. The molecule has 0 aliphatic rings. The Hall–Kier alpha value is -0.340. The van der Waals surface area contributed by atoms with Crippen LogP contribution < -0.4 is 0 Å². The fourth-order valence-electron chi connectivity index (χ4n) is 1.55. The highest BCUT2D eigenvalue weighted by Gasteiger charge is 2.28. The van der Waals surface area contributed by atoms with Crippen LogP contribution in [0.5, 0.6) is 0 Å². The van der Waals surface area contributed by atoms with Crippen LogP contribution >= 0.6 is 0 Å².